The molecule has 2 heteroatoms. The van der Waals surface area contributed by atoms with Crippen molar-refractivity contribution in [3.05, 3.63) is 0 Å². The van der Waals surface area contributed by atoms with Crippen LogP contribution in [0, 0.1) is 5.41 Å². The van der Waals surface area contributed by atoms with Crippen molar-refractivity contribution in [3.63, 3.8) is 0 Å². The fraction of sp³-hybridized carbons (Fsp3) is 1.00. The molecule has 1 unspecified atom stereocenters. The summed E-state index contributed by atoms with van der Waals surface area (Å²) in [7, 11) is 0. The standard InChI is InChI=1S/C9H19NO/c1-9(2)4-6-11-8(7-9)3-5-10/h8H,3-7,10H2,1-2H3. The summed E-state index contributed by atoms with van der Waals surface area (Å²) in [6.07, 6.45) is 3.80. The van der Waals surface area contributed by atoms with Gasteiger partial charge < -0.3 is 10.5 Å². The Hall–Kier alpha value is -0.0800. The molecule has 1 aliphatic heterocycles. The van der Waals surface area contributed by atoms with E-state index in [1.54, 1.807) is 0 Å². The molecular weight excluding hydrogens is 138 g/mol. The van der Waals surface area contributed by atoms with E-state index in [1.807, 2.05) is 0 Å². The first-order valence-electron chi connectivity index (χ1n) is 4.46. The molecule has 0 saturated carbocycles. The Labute approximate surface area is 69.1 Å². The minimum absolute atomic E-state index is 0.420. The monoisotopic (exact) mass is 157 g/mol. The van der Waals surface area contributed by atoms with Gasteiger partial charge in [-0.1, -0.05) is 13.8 Å². The zero-order chi connectivity index (χ0) is 8.32. The summed E-state index contributed by atoms with van der Waals surface area (Å²) >= 11 is 0. The van der Waals surface area contributed by atoms with Crippen molar-refractivity contribution in [1.29, 1.82) is 0 Å². The molecule has 2 N–H and O–H groups in total. The first-order chi connectivity index (χ1) is 5.14. The second-order valence-corrected chi connectivity index (χ2v) is 4.19. The maximum Gasteiger partial charge on any atom is 0.0592 e. The molecule has 66 valence electrons. The van der Waals surface area contributed by atoms with Crippen LogP contribution in [0.15, 0.2) is 0 Å². The highest BCUT2D eigenvalue weighted by Gasteiger charge is 2.27. The molecule has 0 radical (unpaired) electrons. The molecule has 0 amide bonds. The van der Waals surface area contributed by atoms with Crippen molar-refractivity contribution in [3.8, 4) is 0 Å². The van der Waals surface area contributed by atoms with E-state index in [9.17, 15) is 0 Å². The minimum Gasteiger partial charge on any atom is -0.378 e. The maximum absolute atomic E-state index is 5.57. The second kappa shape index (κ2) is 3.55. The van der Waals surface area contributed by atoms with Crippen LogP contribution in [0.2, 0.25) is 0 Å². The van der Waals surface area contributed by atoms with Crippen LogP contribution in [0.4, 0.5) is 0 Å². The van der Waals surface area contributed by atoms with Crippen molar-refractivity contribution in [2.24, 2.45) is 11.1 Å². The lowest BCUT2D eigenvalue weighted by atomic mass is 9.81. The van der Waals surface area contributed by atoms with E-state index in [-0.39, 0.29) is 0 Å². The van der Waals surface area contributed by atoms with Gasteiger partial charge in [-0.3, -0.25) is 0 Å². The largest absolute Gasteiger partial charge is 0.378 e. The Balaban J connectivity index is 2.34. The smallest absolute Gasteiger partial charge is 0.0592 e. The van der Waals surface area contributed by atoms with Crippen molar-refractivity contribution < 1.29 is 4.74 Å². The SMILES string of the molecule is CC1(C)CCOC(CCN)C1. The fourth-order valence-electron chi connectivity index (χ4n) is 1.65. The average molecular weight is 157 g/mol. The van der Waals surface area contributed by atoms with E-state index in [1.165, 1.54) is 12.8 Å². The van der Waals surface area contributed by atoms with Gasteiger partial charge in [-0.15, -0.1) is 0 Å². The lowest BCUT2D eigenvalue weighted by molar-refractivity contribution is -0.0379. The van der Waals surface area contributed by atoms with E-state index in [0.29, 0.717) is 11.5 Å². The van der Waals surface area contributed by atoms with Gasteiger partial charge >= 0.3 is 0 Å². The molecule has 0 aliphatic carbocycles. The zero-order valence-electron chi connectivity index (χ0n) is 7.60. The van der Waals surface area contributed by atoms with Gasteiger partial charge in [0, 0.05) is 6.61 Å². The predicted molar refractivity (Wildman–Crippen MR) is 46.4 cm³/mol. The van der Waals surface area contributed by atoms with E-state index < -0.39 is 0 Å². The Morgan fingerprint density at radius 2 is 2.27 bits per heavy atom. The van der Waals surface area contributed by atoms with Crippen LogP contribution < -0.4 is 5.73 Å². The van der Waals surface area contributed by atoms with Crippen LogP contribution in [-0.2, 0) is 4.74 Å². The molecule has 1 heterocycles. The number of rotatable bonds is 2. The Morgan fingerprint density at radius 3 is 2.82 bits per heavy atom. The van der Waals surface area contributed by atoms with Crippen molar-refractivity contribution in [1.82, 2.24) is 0 Å². The van der Waals surface area contributed by atoms with Gasteiger partial charge in [0.05, 0.1) is 6.10 Å². The molecule has 1 atom stereocenters. The first kappa shape index (κ1) is 9.01. The summed E-state index contributed by atoms with van der Waals surface area (Å²) in [5, 5.41) is 0. The van der Waals surface area contributed by atoms with Gasteiger partial charge in [-0.05, 0) is 31.2 Å². The highest BCUT2D eigenvalue weighted by atomic mass is 16.5. The normalized spacial score (nSPS) is 30.3. The molecule has 1 aliphatic rings. The van der Waals surface area contributed by atoms with Gasteiger partial charge in [0.15, 0.2) is 0 Å². The lowest BCUT2D eigenvalue weighted by Crippen LogP contribution is -2.32. The van der Waals surface area contributed by atoms with Crippen LogP contribution in [0.25, 0.3) is 0 Å². The van der Waals surface area contributed by atoms with Gasteiger partial charge in [0.25, 0.3) is 0 Å². The Morgan fingerprint density at radius 1 is 1.55 bits per heavy atom. The minimum atomic E-state index is 0.420. The van der Waals surface area contributed by atoms with Gasteiger partial charge in [0.1, 0.15) is 0 Å². The van der Waals surface area contributed by atoms with Gasteiger partial charge in [-0.25, -0.2) is 0 Å². The number of hydrogen-bond acceptors (Lipinski definition) is 2. The summed E-state index contributed by atoms with van der Waals surface area (Å²) in [4.78, 5) is 0. The number of nitrogens with two attached hydrogens (primary N) is 1. The quantitative estimate of drug-likeness (QED) is 0.660. The molecule has 1 saturated heterocycles. The molecule has 1 rings (SSSR count). The van der Waals surface area contributed by atoms with E-state index >= 15 is 0 Å². The second-order valence-electron chi connectivity index (χ2n) is 4.19. The van der Waals surface area contributed by atoms with Crippen LogP contribution >= 0.6 is 0 Å². The van der Waals surface area contributed by atoms with Crippen molar-refractivity contribution in [2.75, 3.05) is 13.2 Å². The average Bonchev–Trinajstić information content (AvgIpc) is 1.85. The highest BCUT2D eigenvalue weighted by Crippen LogP contribution is 2.32. The lowest BCUT2D eigenvalue weighted by Gasteiger charge is -2.35. The van der Waals surface area contributed by atoms with Crippen LogP contribution in [0.3, 0.4) is 0 Å². The van der Waals surface area contributed by atoms with E-state index in [2.05, 4.69) is 13.8 Å². The van der Waals surface area contributed by atoms with Gasteiger partial charge in [0.2, 0.25) is 0 Å². The molecular formula is C9H19NO. The van der Waals surface area contributed by atoms with Crippen molar-refractivity contribution in [2.45, 2.75) is 39.2 Å². The van der Waals surface area contributed by atoms with E-state index in [4.69, 9.17) is 10.5 Å². The fourth-order valence-corrected chi connectivity index (χ4v) is 1.65. The Bertz CT molecular complexity index is 121. The first-order valence-corrected chi connectivity index (χ1v) is 4.46. The summed E-state index contributed by atoms with van der Waals surface area (Å²) in [5.74, 6) is 0. The molecule has 0 spiro atoms. The molecule has 2 nitrogen and oxygen atoms in total. The van der Waals surface area contributed by atoms with Gasteiger partial charge in [-0.2, -0.15) is 0 Å². The summed E-state index contributed by atoms with van der Waals surface area (Å²) < 4.78 is 5.57. The third-order valence-corrected chi connectivity index (χ3v) is 2.40. The topological polar surface area (TPSA) is 35.2 Å². The maximum atomic E-state index is 5.57. The number of hydrogen-bond donors (Lipinski definition) is 1. The highest BCUT2D eigenvalue weighted by molar-refractivity contribution is 4.78. The summed E-state index contributed by atoms with van der Waals surface area (Å²) in [6, 6.07) is 0. The molecule has 0 aromatic rings. The third-order valence-electron chi connectivity index (χ3n) is 2.40. The third kappa shape index (κ3) is 2.80. The molecule has 0 aromatic carbocycles. The summed E-state index contributed by atoms with van der Waals surface area (Å²) in [6.45, 7) is 6.27. The molecule has 0 aromatic heterocycles. The van der Waals surface area contributed by atoms with Crippen LogP contribution in [0.1, 0.15) is 33.1 Å². The van der Waals surface area contributed by atoms with Crippen LogP contribution in [-0.4, -0.2) is 19.3 Å². The molecule has 11 heavy (non-hydrogen) atoms. The molecule has 1 fully saturated rings. The zero-order valence-corrected chi connectivity index (χ0v) is 7.60. The summed E-state index contributed by atoms with van der Waals surface area (Å²) in [5.41, 5.74) is 5.94. The van der Waals surface area contributed by atoms with E-state index in [0.717, 1.165) is 19.6 Å². The number of ether oxygens (including phenoxy) is 1. The van der Waals surface area contributed by atoms with Crippen molar-refractivity contribution >= 4 is 0 Å². The predicted octanol–water partition coefficient (Wildman–Crippen LogP) is 1.54. The Kier molecular flexibility index (Phi) is 2.90. The van der Waals surface area contributed by atoms with Crippen LogP contribution in [0.5, 0.6) is 0 Å². The molecule has 0 bridgehead atoms.